The Kier molecular flexibility index (Phi) is 3.32. The van der Waals surface area contributed by atoms with Crippen molar-refractivity contribution in [3.63, 3.8) is 0 Å². The van der Waals surface area contributed by atoms with Crippen molar-refractivity contribution >= 4 is 11.6 Å². The molecule has 0 unspecified atom stereocenters. The van der Waals surface area contributed by atoms with Crippen molar-refractivity contribution in [3.05, 3.63) is 53.9 Å². The highest BCUT2D eigenvalue weighted by atomic mass is 19.1. The predicted octanol–water partition coefficient (Wildman–Crippen LogP) is 2.01. The first-order valence-corrected chi connectivity index (χ1v) is 5.38. The van der Waals surface area contributed by atoms with E-state index in [4.69, 9.17) is 0 Å². The number of imidazole rings is 1. The zero-order chi connectivity index (χ0) is 13.1. The van der Waals surface area contributed by atoms with Crippen molar-refractivity contribution in [3.8, 4) is 0 Å². The molecule has 0 spiro atoms. The van der Waals surface area contributed by atoms with Gasteiger partial charge in [-0.05, 0) is 12.1 Å². The monoisotopic (exact) mass is 246 g/mol. The molecule has 1 heterocycles. The van der Waals surface area contributed by atoms with Crippen LogP contribution in [0.5, 0.6) is 0 Å². The summed E-state index contributed by atoms with van der Waals surface area (Å²) in [6.45, 7) is 0. The van der Waals surface area contributed by atoms with Gasteiger partial charge in [0.05, 0.1) is 12.0 Å². The molecule has 2 aromatic rings. The molecule has 2 rings (SSSR count). The summed E-state index contributed by atoms with van der Waals surface area (Å²) in [7, 11) is 1.66. The van der Waals surface area contributed by atoms with Gasteiger partial charge in [-0.15, -0.1) is 0 Å². The second-order valence-corrected chi connectivity index (χ2v) is 3.86. The van der Waals surface area contributed by atoms with E-state index in [9.17, 15) is 14.0 Å². The Hall–Kier alpha value is -2.30. The second kappa shape index (κ2) is 4.91. The van der Waals surface area contributed by atoms with Crippen molar-refractivity contribution in [2.24, 2.45) is 7.05 Å². The Labute approximate surface area is 103 Å². The molecule has 0 fully saturated rings. The third-order valence-electron chi connectivity index (χ3n) is 2.57. The molecule has 0 saturated heterocycles. The molecule has 5 heteroatoms. The summed E-state index contributed by atoms with van der Waals surface area (Å²) in [4.78, 5) is 27.4. The maximum Gasteiger partial charge on any atom is 0.205 e. The van der Waals surface area contributed by atoms with Crippen LogP contribution in [-0.2, 0) is 7.05 Å². The lowest BCUT2D eigenvalue weighted by Crippen LogP contribution is -2.13. The van der Waals surface area contributed by atoms with Crippen LogP contribution in [0.15, 0.2) is 36.7 Å². The Morgan fingerprint density at radius 1 is 1.28 bits per heavy atom. The van der Waals surface area contributed by atoms with Crippen molar-refractivity contribution in [2.75, 3.05) is 0 Å². The molecule has 18 heavy (non-hydrogen) atoms. The van der Waals surface area contributed by atoms with E-state index in [0.29, 0.717) is 0 Å². The fourth-order valence-corrected chi connectivity index (χ4v) is 1.64. The lowest BCUT2D eigenvalue weighted by molar-refractivity contribution is 0.0885. The highest BCUT2D eigenvalue weighted by Gasteiger charge is 2.18. The predicted molar refractivity (Wildman–Crippen MR) is 62.9 cm³/mol. The first-order chi connectivity index (χ1) is 8.59. The fourth-order valence-electron chi connectivity index (χ4n) is 1.64. The third kappa shape index (κ3) is 2.34. The summed E-state index contributed by atoms with van der Waals surface area (Å²) >= 11 is 0. The van der Waals surface area contributed by atoms with Gasteiger partial charge in [0.2, 0.25) is 5.78 Å². The molecule has 0 amide bonds. The van der Waals surface area contributed by atoms with E-state index in [0.717, 1.165) is 0 Å². The van der Waals surface area contributed by atoms with Gasteiger partial charge in [0.15, 0.2) is 11.6 Å². The molecule has 0 saturated carbocycles. The van der Waals surface area contributed by atoms with E-state index in [1.54, 1.807) is 19.3 Å². The Morgan fingerprint density at radius 3 is 2.61 bits per heavy atom. The van der Waals surface area contributed by atoms with E-state index >= 15 is 0 Å². The number of halogens is 1. The number of nitrogens with zero attached hydrogens (tertiary/aromatic N) is 2. The van der Waals surface area contributed by atoms with Gasteiger partial charge in [-0.2, -0.15) is 0 Å². The number of rotatable bonds is 4. The van der Waals surface area contributed by atoms with Crippen molar-refractivity contribution < 1.29 is 14.0 Å². The topological polar surface area (TPSA) is 52.0 Å². The number of benzene rings is 1. The van der Waals surface area contributed by atoms with Gasteiger partial charge in [-0.1, -0.05) is 12.1 Å². The van der Waals surface area contributed by atoms with Crippen LogP contribution in [-0.4, -0.2) is 21.1 Å². The van der Waals surface area contributed by atoms with Gasteiger partial charge in [0.25, 0.3) is 0 Å². The Balaban J connectivity index is 2.16. The highest BCUT2D eigenvalue weighted by Crippen LogP contribution is 2.11. The molecule has 1 aromatic heterocycles. The van der Waals surface area contributed by atoms with E-state index in [1.807, 2.05) is 0 Å². The van der Waals surface area contributed by atoms with Crippen LogP contribution in [0.1, 0.15) is 27.4 Å². The van der Waals surface area contributed by atoms with Gasteiger partial charge in [-0.3, -0.25) is 9.59 Å². The smallest absolute Gasteiger partial charge is 0.205 e. The first-order valence-electron chi connectivity index (χ1n) is 5.38. The molecule has 1 aromatic carbocycles. The van der Waals surface area contributed by atoms with Gasteiger partial charge in [0.1, 0.15) is 5.82 Å². The van der Waals surface area contributed by atoms with Gasteiger partial charge in [-0.25, -0.2) is 9.37 Å². The van der Waals surface area contributed by atoms with Crippen LogP contribution < -0.4 is 0 Å². The number of hydrogen-bond acceptors (Lipinski definition) is 3. The molecule has 0 bridgehead atoms. The minimum atomic E-state index is -0.616. The lowest BCUT2D eigenvalue weighted by Gasteiger charge is -2.02. The summed E-state index contributed by atoms with van der Waals surface area (Å²) in [5, 5.41) is 0. The number of carbonyl (C=O) groups excluding carboxylic acids is 2. The molecule has 0 aliphatic heterocycles. The highest BCUT2D eigenvalue weighted by molar-refractivity contribution is 6.12. The van der Waals surface area contributed by atoms with Crippen molar-refractivity contribution in [1.82, 2.24) is 9.55 Å². The molecule has 4 nitrogen and oxygen atoms in total. The number of Topliss-reactive ketones (excluding diaryl/α,β-unsaturated/α-hetero) is 2. The van der Waals surface area contributed by atoms with Gasteiger partial charge in [0, 0.05) is 19.4 Å². The van der Waals surface area contributed by atoms with Crippen LogP contribution in [0.25, 0.3) is 0 Å². The summed E-state index contributed by atoms with van der Waals surface area (Å²) in [6.07, 6.45) is 2.70. The standard InChI is InChI=1S/C13H11FN2O2/c1-16-7-6-15-13(16)12(18)8-11(17)9-4-2-3-5-10(9)14/h2-7H,8H2,1H3. The molecule has 0 radical (unpaired) electrons. The summed E-state index contributed by atoms with van der Waals surface area (Å²) in [5.74, 6) is -1.38. The SMILES string of the molecule is Cn1ccnc1C(=O)CC(=O)c1ccccc1F. The van der Waals surface area contributed by atoms with Crippen molar-refractivity contribution in [2.45, 2.75) is 6.42 Å². The second-order valence-electron chi connectivity index (χ2n) is 3.86. The fraction of sp³-hybridized carbons (Fsp3) is 0.154. The third-order valence-corrected chi connectivity index (χ3v) is 2.57. The van der Waals surface area contributed by atoms with E-state index in [1.165, 1.54) is 29.0 Å². The Morgan fingerprint density at radius 2 is 2.00 bits per heavy atom. The number of hydrogen-bond donors (Lipinski definition) is 0. The summed E-state index contributed by atoms with van der Waals surface area (Å²) in [6, 6.07) is 5.61. The largest absolute Gasteiger partial charge is 0.332 e. The zero-order valence-corrected chi connectivity index (χ0v) is 9.76. The van der Waals surface area contributed by atoms with E-state index in [2.05, 4.69) is 4.98 Å². The maximum absolute atomic E-state index is 13.4. The van der Waals surface area contributed by atoms with Crippen LogP contribution in [0, 0.1) is 5.82 Å². The van der Waals surface area contributed by atoms with E-state index in [-0.39, 0.29) is 17.8 Å². The molecule has 92 valence electrons. The molecular formula is C13H11FN2O2. The normalized spacial score (nSPS) is 10.3. The number of carbonyl (C=O) groups is 2. The lowest BCUT2D eigenvalue weighted by atomic mass is 10.1. The van der Waals surface area contributed by atoms with Crippen LogP contribution in [0.4, 0.5) is 4.39 Å². The molecule has 0 aliphatic rings. The number of aromatic nitrogens is 2. The van der Waals surface area contributed by atoms with Crippen LogP contribution in [0.3, 0.4) is 0 Å². The molecule has 0 N–H and O–H groups in total. The maximum atomic E-state index is 13.4. The van der Waals surface area contributed by atoms with Crippen LogP contribution in [0.2, 0.25) is 0 Å². The minimum absolute atomic E-state index is 0.0694. The van der Waals surface area contributed by atoms with Crippen molar-refractivity contribution in [1.29, 1.82) is 0 Å². The molecule has 0 atom stereocenters. The summed E-state index contributed by atoms with van der Waals surface area (Å²) in [5.41, 5.74) is -0.0694. The average molecular weight is 246 g/mol. The number of aryl methyl sites for hydroxylation is 1. The number of ketones is 2. The van der Waals surface area contributed by atoms with Gasteiger partial charge < -0.3 is 4.57 Å². The van der Waals surface area contributed by atoms with E-state index < -0.39 is 17.4 Å². The minimum Gasteiger partial charge on any atom is -0.332 e. The zero-order valence-electron chi connectivity index (χ0n) is 9.76. The quantitative estimate of drug-likeness (QED) is 0.612. The summed E-state index contributed by atoms with van der Waals surface area (Å²) < 4.78 is 14.9. The molecular weight excluding hydrogens is 235 g/mol. The Bertz CT molecular complexity index is 605. The molecule has 0 aliphatic carbocycles. The average Bonchev–Trinajstić information content (AvgIpc) is 2.76. The van der Waals surface area contributed by atoms with Crippen LogP contribution >= 0.6 is 0 Å². The first kappa shape index (κ1) is 12.2. The van der Waals surface area contributed by atoms with Gasteiger partial charge >= 0.3 is 0 Å².